The van der Waals surface area contributed by atoms with Crippen LogP contribution in [0.3, 0.4) is 0 Å². The fourth-order valence-corrected chi connectivity index (χ4v) is 3.82. The van der Waals surface area contributed by atoms with Gasteiger partial charge in [0.25, 0.3) is 0 Å². The maximum atomic E-state index is 12.6. The van der Waals surface area contributed by atoms with E-state index in [1.54, 1.807) is 35.1 Å². The number of urea groups is 1. The minimum absolute atomic E-state index is 0.146. The molecule has 1 aromatic carbocycles. The summed E-state index contributed by atoms with van der Waals surface area (Å²) >= 11 is 6.24. The Morgan fingerprint density at radius 2 is 2.10 bits per heavy atom. The molecule has 1 saturated heterocycles. The van der Waals surface area contributed by atoms with Gasteiger partial charge in [0, 0.05) is 30.9 Å². The Kier molecular flexibility index (Phi) is 5.89. The molecule has 0 saturated carbocycles. The molecule has 2 aliphatic rings. The monoisotopic (exact) mass is 430 g/mol. The molecule has 0 radical (unpaired) electrons. The zero-order valence-corrected chi connectivity index (χ0v) is 17.4. The Morgan fingerprint density at radius 1 is 1.33 bits per heavy atom. The van der Waals surface area contributed by atoms with Gasteiger partial charge in [-0.3, -0.25) is 10.2 Å². The fourth-order valence-electron chi connectivity index (χ4n) is 3.58. The van der Waals surface area contributed by atoms with E-state index < -0.39 is 0 Å². The van der Waals surface area contributed by atoms with Crippen molar-refractivity contribution >= 4 is 41.2 Å². The van der Waals surface area contributed by atoms with Crippen molar-refractivity contribution in [3.8, 4) is 0 Å². The maximum Gasteiger partial charge on any atom is 0.409 e. The number of fused-ring (bicyclic) bond motifs is 1. The molecule has 9 nitrogen and oxygen atoms in total. The van der Waals surface area contributed by atoms with Crippen molar-refractivity contribution in [2.24, 2.45) is 0 Å². The lowest BCUT2D eigenvalue weighted by atomic mass is 10.1. The molecule has 30 heavy (non-hydrogen) atoms. The van der Waals surface area contributed by atoms with Crippen molar-refractivity contribution in [1.29, 1.82) is 0 Å². The van der Waals surface area contributed by atoms with E-state index in [0.29, 0.717) is 48.7 Å². The van der Waals surface area contributed by atoms with E-state index in [2.05, 4.69) is 20.6 Å². The van der Waals surface area contributed by atoms with Crippen molar-refractivity contribution in [2.75, 3.05) is 35.2 Å². The number of carbonyl (C=O) groups is 2. The van der Waals surface area contributed by atoms with E-state index in [9.17, 15) is 9.59 Å². The van der Waals surface area contributed by atoms with Crippen LogP contribution in [0.15, 0.2) is 30.5 Å². The lowest BCUT2D eigenvalue weighted by Gasteiger charge is -2.32. The quantitative estimate of drug-likeness (QED) is 0.766. The Morgan fingerprint density at radius 3 is 2.83 bits per heavy atom. The number of hydrogen-bond donors (Lipinski definition) is 2. The molecule has 4 rings (SSSR count). The zero-order chi connectivity index (χ0) is 21.1. The second kappa shape index (κ2) is 8.74. The molecule has 0 spiro atoms. The molecule has 2 N–H and O–H groups in total. The lowest BCUT2D eigenvalue weighted by molar-refractivity contribution is 0.0983. The summed E-state index contributed by atoms with van der Waals surface area (Å²) in [5.41, 5.74) is 1.44. The van der Waals surface area contributed by atoms with Gasteiger partial charge in [0.2, 0.25) is 5.95 Å². The van der Waals surface area contributed by atoms with Gasteiger partial charge in [0.15, 0.2) is 0 Å². The molecule has 1 aromatic heterocycles. The standard InChI is InChI=1S/C20H23ClN6O3/c1-2-30-20(29)26-9-7-14(8-10-26)23-18-22-11-13-12-27(19(28)25-17(13)24-18)16-6-4-3-5-15(16)21/h3-6,11,14H,2,7-10,12H2,1H3,(H2,22,23,24,25,28). The van der Waals surface area contributed by atoms with E-state index in [0.717, 1.165) is 18.4 Å². The Bertz CT molecular complexity index is 948. The average Bonchev–Trinajstić information content (AvgIpc) is 2.74. The maximum absolute atomic E-state index is 12.6. The highest BCUT2D eigenvalue weighted by atomic mass is 35.5. The van der Waals surface area contributed by atoms with Gasteiger partial charge in [-0.05, 0) is 31.9 Å². The zero-order valence-electron chi connectivity index (χ0n) is 16.6. The number of carbonyl (C=O) groups excluding carboxylic acids is 2. The number of anilines is 3. The van der Waals surface area contributed by atoms with Gasteiger partial charge in [0.1, 0.15) is 5.82 Å². The number of piperidine rings is 1. The predicted octanol–water partition coefficient (Wildman–Crippen LogP) is 3.71. The third-order valence-electron chi connectivity index (χ3n) is 5.16. The largest absolute Gasteiger partial charge is 0.450 e. The average molecular weight is 431 g/mol. The summed E-state index contributed by atoms with van der Waals surface area (Å²) in [4.78, 5) is 36.5. The number of rotatable bonds is 4. The highest BCUT2D eigenvalue weighted by molar-refractivity contribution is 6.34. The first kappa shape index (κ1) is 20.2. The molecule has 3 heterocycles. The van der Waals surface area contributed by atoms with Crippen LogP contribution in [-0.2, 0) is 11.3 Å². The number of benzene rings is 1. The second-order valence-electron chi connectivity index (χ2n) is 7.14. The number of halogens is 1. The Hall–Kier alpha value is -3.07. The topological polar surface area (TPSA) is 99.7 Å². The third-order valence-corrected chi connectivity index (χ3v) is 5.48. The van der Waals surface area contributed by atoms with Gasteiger partial charge in [-0.2, -0.15) is 4.98 Å². The molecular formula is C20H23ClN6O3. The summed E-state index contributed by atoms with van der Waals surface area (Å²) in [6.07, 6.45) is 2.98. The van der Waals surface area contributed by atoms with Crippen molar-refractivity contribution in [3.05, 3.63) is 41.0 Å². The molecule has 2 aromatic rings. The normalized spacial score (nSPS) is 16.7. The number of para-hydroxylation sites is 1. The fraction of sp³-hybridized carbons (Fsp3) is 0.400. The van der Waals surface area contributed by atoms with E-state index >= 15 is 0 Å². The third kappa shape index (κ3) is 4.25. The number of nitrogens with zero attached hydrogens (tertiary/aromatic N) is 4. The minimum Gasteiger partial charge on any atom is -0.450 e. The SMILES string of the molecule is CCOC(=O)N1CCC(Nc2ncc3c(n2)NC(=O)N(c2ccccc2Cl)C3)CC1. The Labute approximate surface area is 179 Å². The van der Waals surface area contributed by atoms with Crippen LogP contribution in [0.4, 0.5) is 27.0 Å². The van der Waals surface area contributed by atoms with Gasteiger partial charge in [-0.1, -0.05) is 23.7 Å². The highest BCUT2D eigenvalue weighted by Gasteiger charge is 2.28. The number of aromatic nitrogens is 2. The second-order valence-corrected chi connectivity index (χ2v) is 7.55. The van der Waals surface area contributed by atoms with Crippen LogP contribution in [0, 0.1) is 0 Å². The number of ether oxygens (including phenoxy) is 1. The number of likely N-dealkylation sites (tertiary alicyclic amines) is 1. The van der Waals surface area contributed by atoms with Crippen LogP contribution in [0.2, 0.25) is 5.02 Å². The first-order valence-corrected chi connectivity index (χ1v) is 10.3. The molecule has 1 fully saturated rings. The first-order chi connectivity index (χ1) is 14.5. The van der Waals surface area contributed by atoms with Crippen molar-refractivity contribution in [3.63, 3.8) is 0 Å². The van der Waals surface area contributed by atoms with Crippen LogP contribution in [0.1, 0.15) is 25.3 Å². The summed E-state index contributed by atoms with van der Waals surface area (Å²) in [7, 11) is 0. The molecule has 158 valence electrons. The summed E-state index contributed by atoms with van der Waals surface area (Å²) in [6, 6.07) is 7.05. The summed E-state index contributed by atoms with van der Waals surface area (Å²) in [5.74, 6) is 0.944. The molecular weight excluding hydrogens is 408 g/mol. The summed E-state index contributed by atoms with van der Waals surface area (Å²) in [5, 5.41) is 6.62. The molecule has 0 unspecified atom stereocenters. The van der Waals surface area contributed by atoms with Gasteiger partial charge in [-0.15, -0.1) is 0 Å². The summed E-state index contributed by atoms with van der Waals surface area (Å²) < 4.78 is 5.04. The van der Waals surface area contributed by atoms with Gasteiger partial charge in [0.05, 0.1) is 23.9 Å². The molecule has 0 aliphatic carbocycles. The number of hydrogen-bond acceptors (Lipinski definition) is 6. The van der Waals surface area contributed by atoms with Gasteiger partial charge >= 0.3 is 12.1 Å². The Balaban J connectivity index is 1.40. The van der Waals surface area contributed by atoms with Crippen molar-refractivity contribution < 1.29 is 14.3 Å². The minimum atomic E-state index is -0.289. The van der Waals surface area contributed by atoms with E-state index in [1.165, 1.54) is 0 Å². The summed E-state index contributed by atoms with van der Waals surface area (Å²) in [6.45, 7) is 3.74. The van der Waals surface area contributed by atoms with E-state index in [-0.39, 0.29) is 18.2 Å². The molecule has 0 bridgehead atoms. The van der Waals surface area contributed by atoms with E-state index in [1.807, 2.05) is 12.1 Å². The van der Waals surface area contributed by atoms with E-state index in [4.69, 9.17) is 16.3 Å². The van der Waals surface area contributed by atoms with Crippen LogP contribution >= 0.6 is 11.6 Å². The van der Waals surface area contributed by atoms with Gasteiger partial charge < -0.3 is 15.0 Å². The highest BCUT2D eigenvalue weighted by Crippen LogP contribution is 2.31. The number of nitrogens with one attached hydrogen (secondary N) is 2. The first-order valence-electron chi connectivity index (χ1n) is 9.92. The van der Waals surface area contributed by atoms with Crippen molar-refractivity contribution in [2.45, 2.75) is 32.4 Å². The number of amides is 3. The predicted molar refractivity (Wildman–Crippen MR) is 114 cm³/mol. The van der Waals surface area contributed by atoms with Crippen LogP contribution in [0.5, 0.6) is 0 Å². The molecule has 2 aliphatic heterocycles. The smallest absolute Gasteiger partial charge is 0.409 e. The molecule has 3 amide bonds. The van der Waals surface area contributed by atoms with Crippen LogP contribution in [0.25, 0.3) is 0 Å². The van der Waals surface area contributed by atoms with Crippen LogP contribution < -0.4 is 15.5 Å². The van der Waals surface area contributed by atoms with Gasteiger partial charge in [-0.25, -0.2) is 14.6 Å². The molecule has 0 atom stereocenters. The molecule has 10 heteroatoms. The van der Waals surface area contributed by atoms with Crippen LogP contribution in [-0.4, -0.2) is 52.7 Å². The lowest BCUT2D eigenvalue weighted by Crippen LogP contribution is -2.43. The van der Waals surface area contributed by atoms with Crippen molar-refractivity contribution in [1.82, 2.24) is 14.9 Å².